The summed E-state index contributed by atoms with van der Waals surface area (Å²) in [6, 6.07) is 14.3. The van der Waals surface area contributed by atoms with Gasteiger partial charge < -0.3 is 4.74 Å². The van der Waals surface area contributed by atoms with Crippen molar-refractivity contribution < 1.29 is 9.53 Å². The van der Waals surface area contributed by atoms with Crippen molar-refractivity contribution in [2.45, 2.75) is 39.0 Å². The number of carbonyl (C=O) groups is 1. The summed E-state index contributed by atoms with van der Waals surface area (Å²) in [6.07, 6.45) is 7.58. The Morgan fingerprint density at radius 1 is 1.08 bits per heavy atom. The van der Waals surface area contributed by atoms with E-state index in [9.17, 15) is 4.79 Å². The second-order valence-corrected chi connectivity index (χ2v) is 6.44. The number of para-hydroxylation sites is 1. The van der Waals surface area contributed by atoms with Crippen LogP contribution in [0.5, 0.6) is 5.75 Å². The summed E-state index contributed by atoms with van der Waals surface area (Å²) >= 11 is 5.82. The van der Waals surface area contributed by atoms with E-state index < -0.39 is 0 Å². The minimum Gasteiger partial charge on any atom is -0.493 e. The third-order valence-electron chi connectivity index (χ3n) is 3.90. The summed E-state index contributed by atoms with van der Waals surface area (Å²) in [5.41, 5.74) is 3.85. The van der Waals surface area contributed by atoms with Crippen LogP contribution in [0.2, 0.25) is 5.02 Å². The smallest absolute Gasteiger partial charge is 0.271 e. The number of rotatable bonds is 10. The van der Waals surface area contributed by atoms with Gasteiger partial charge in [-0.2, -0.15) is 5.10 Å². The van der Waals surface area contributed by atoms with Crippen LogP contribution in [0, 0.1) is 0 Å². The van der Waals surface area contributed by atoms with Gasteiger partial charge in [0.1, 0.15) is 5.75 Å². The van der Waals surface area contributed by atoms with Crippen LogP contribution >= 0.6 is 11.6 Å². The Morgan fingerprint density at radius 3 is 2.58 bits per heavy atom. The van der Waals surface area contributed by atoms with Crippen LogP contribution in [0.3, 0.4) is 0 Å². The molecule has 138 valence electrons. The van der Waals surface area contributed by atoms with Crippen LogP contribution < -0.4 is 10.2 Å². The lowest BCUT2D eigenvalue weighted by molar-refractivity contribution is 0.0955. The average Bonchev–Trinajstić information content (AvgIpc) is 2.66. The maximum atomic E-state index is 12.0. The fourth-order valence-corrected chi connectivity index (χ4v) is 2.56. The molecule has 2 aromatic carbocycles. The van der Waals surface area contributed by atoms with Crippen molar-refractivity contribution in [2.24, 2.45) is 5.10 Å². The lowest BCUT2D eigenvalue weighted by Gasteiger charge is -2.08. The molecular formula is C21H25ClN2O2. The Labute approximate surface area is 160 Å². The fraction of sp³-hybridized carbons (Fsp3) is 0.333. The predicted octanol–water partition coefficient (Wildman–Crippen LogP) is 5.45. The van der Waals surface area contributed by atoms with Crippen molar-refractivity contribution in [1.82, 2.24) is 5.43 Å². The van der Waals surface area contributed by atoms with E-state index in [1.54, 1.807) is 30.5 Å². The molecule has 0 unspecified atom stereocenters. The highest BCUT2D eigenvalue weighted by molar-refractivity contribution is 6.30. The molecule has 1 amide bonds. The summed E-state index contributed by atoms with van der Waals surface area (Å²) in [4.78, 5) is 12.0. The standard InChI is InChI=1S/C21H25ClN2O2/c1-2-3-4-5-8-15-26-20-10-7-6-9-18(20)16-23-24-21(25)17-11-13-19(22)14-12-17/h6-7,9-14,16H,2-5,8,15H2,1H3,(H,24,25)/b23-16-. The maximum Gasteiger partial charge on any atom is 0.271 e. The topological polar surface area (TPSA) is 50.7 Å². The average molecular weight is 373 g/mol. The molecule has 0 aliphatic carbocycles. The molecule has 0 aliphatic heterocycles. The van der Waals surface area contributed by atoms with E-state index in [4.69, 9.17) is 16.3 Å². The second kappa shape index (κ2) is 11.3. The first-order chi connectivity index (χ1) is 12.7. The number of hydrogen-bond donors (Lipinski definition) is 1. The van der Waals surface area contributed by atoms with Gasteiger partial charge in [-0.05, 0) is 42.8 Å². The molecule has 0 radical (unpaired) electrons. The largest absolute Gasteiger partial charge is 0.493 e. The molecule has 0 aromatic heterocycles. The number of nitrogens with zero attached hydrogens (tertiary/aromatic N) is 1. The highest BCUT2D eigenvalue weighted by Crippen LogP contribution is 2.16. The zero-order chi connectivity index (χ0) is 18.6. The number of benzene rings is 2. The number of nitrogens with one attached hydrogen (secondary N) is 1. The van der Waals surface area contributed by atoms with Gasteiger partial charge in [0.2, 0.25) is 0 Å². The van der Waals surface area contributed by atoms with Crippen LogP contribution in [0.4, 0.5) is 0 Å². The van der Waals surface area contributed by atoms with Gasteiger partial charge in [-0.15, -0.1) is 0 Å². The van der Waals surface area contributed by atoms with Gasteiger partial charge in [0.05, 0.1) is 12.8 Å². The SMILES string of the molecule is CCCCCCCOc1ccccc1/C=N\NC(=O)c1ccc(Cl)cc1. The lowest BCUT2D eigenvalue weighted by Crippen LogP contribution is -2.17. The molecular weight excluding hydrogens is 348 g/mol. The van der Waals surface area contributed by atoms with Crippen molar-refractivity contribution in [3.8, 4) is 5.75 Å². The van der Waals surface area contributed by atoms with Gasteiger partial charge in [0.25, 0.3) is 5.91 Å². The summed E-state index contributed by atoms with van der Waals surface area (Å²) in [6.45, 7) is 2.89. The van der Waals surface area contributed by atoms with Gasteiger partial charge in [0, 0.05) is 16.1 Å². The summed E-state index contributed by atoms with van der Waals surface area (Å²) in [7, 11) is 0. The quantitative estimate of drug-likeness (QED) is 0.342. The molecule has 4 nitrogen and oxygen atoms in total. The lowest BCUT2D eigenvalue weighted by atomic mass is 10.2. The van der Waals surface area contributed by atoms with Crippen LogP contribution in [0.1, 0.15) is 54.9 Å². The molecule has 0 spiro atoms. The number of ether oxygens (including phenoxy) is 1. The molecule has 2 aromatic rings. The van der Waals surface area contributed by atoms with E-state index in [0.29, 0.717) is 17.2 Å². The minimum atomic E-state index is -0.285. The molecule has 0 heterocycles. The Kier molecular flexibility index (Phi) is 8.70. The maximum absolute atomic E-state index is 12.0. The van der Waals surface area contributed by atoms with Crippen LogP contribution in [0.25, 0.3) is 0 Å². The molecule has 0 atom stereocenters. The molecule has 0 bridgehead atoms. The molecule has 26 heavy (non-hydrogen) atoms. The molecule has 0 saturated carbocycles. The van der Waals surface area contributed by atoms with Crippen molar-refractivity contribution in [3.63, 3.8) is 0 Å². The zero-order valence-electron chi connectivity index (χ0n) is 15.1. The molecule has 2 rings (SSSR count). The molecule has 0 fully saturated rings. The number of halogens is 1. The van der Waals surface area contributed by atoms with E-state index in [1.807, 2.05) is 24.3 Å². The van der Waals surface area contributed by atoms with Crippen molar-refractivity contribution in [3.05, 3.63) is 64.7 Å². The van der Waals surface area contributed by atoms with E-state index in [-0.39, 0.29) is 5.91 Å². The van der Waals surface area contributed by atoms with E-state index in [1.165, 1.54) is 25.7 Å². The third kappa shape index (κ3) is 6.89. The predicted molar refractivity (Wildman–Crippen MR) is 107 cm³/mol. The van der Waals surface area contributed by atoms with Crippen molar-refractivity contribution >= 4 is 23.7 Å². The summed E-state index contributed by atoms with van der Waals surface area (Å²) < 4.78 is 5.85. The number of amides is 1. The number of carbonyl (C=O) groups excluding carboxylic acids is 1. The minimum absolute atomic E-state index is 0.285. The summed E-state index contributed by atoms with van der Waals surface area (Å²) in [5.74, 6) is 0.486. The van der Waals surface area contributed by atoms with E-state index in [2.05, 4.69) is 17.5 Å². The summed E-state index contributed by atoms with van der Waals surface area (Å²) in [5, 5.41) is 4.62. The third-order valence-corrected chi connectivity index (χ3v) is 4.15. The highest BCUT2D eigenvalue weighted by atomic mass is 35.5. The van der Waals surface area contributed by atoms with Crippen molar-refractivity contribution in [2.75, 3.05) is 6.61 Å². The van der Waals surface area contributed by atoms with Gasteiger partial charge in [-0.25, -0.2) is 5.43 Å². The first-order valence-electron chi connectivity index (χ1n) is 9.01. The first kappa shape index (κ1) is 20.0. The van der Waals surface area contributed by atoms with Crippen LogP contribution in [-0.4, -0.2) is 18.7 Å². The Bertz CT molecular complexity index is 714. The Morgan fingerprint density at radius 2 is 1.81 bits per heavy atom. The second-order valence-electron chi connectivity index (χ2n) is 6.01. The zero-order valence-corrected chi connectivity index (χ0v) is 15.8. The number of hydrogen-bond acceptors (Lipinski definition) is 3. The molecule has 1 N–H and O–H groups in total. The van der Waals surface area contributed by atoms with Crippen molar-refractivity contribution in [1.29, 1.82) is 0 Å². The molecule has 0 saturated heterocycles. The van der Waals surface area contributed by atoms with Gasteiger partial charge in [-0.3, -0.25) is 4.79 Å². The van der Waals surface area contributed by atoms with E-state index in [0.717, 1.165) is 17.7 Å². The molecule has 5 heteroatoms. The van der Waals surface area contributed by atoms with Crippen LogP contribution in [0.15, 0.2) is 53.6 Å². The normalized spacial score (nSPS) is 10.8. The number of hydrazone groups is 1. The Balaban J connectivity index is 1.85. The van der Waals surface area contributed by atoms with Gasteiger partial charge in [0.15, 0.2) is 0 Å². The Hall–Kier alpha value is -2.33. The van der Waals surface area contributed by atoms with Gasteiger partial charge in [-0.1, -0.05) is 56.3 Å². The number of unbranched alkanes of at least 4 members (excludes halogenated alkanes) is 4. The first-order valence-corrected chi connectivity index (χ1v) is 9.39. The monoisotopic (exact) mass is 372 g/mol. The van der Waals surface area contributed by atoms with Crippen LogP contribution in [-0.2, 0) is 0 Å². The van der Waals surface area contributed by atoms with E-state index >= 15 is 0 Å². The fourth-order valence-electron chi connectivity index (χ4n) is 2.43. The highest BCUT2D eigenvalue weighted by Gasteiger charge is 2.04. The molecule has 0 aliphatic rings. The van der Waals surface area contributed by atoms with Gasteiger partial charge >= 0.3 is 0 Å².